The average Bonchev–Trinajstić information content (AvgIpc) is 2.68. The maximum atomic E-state index is 5.98. The molecule has 2 heterocycles. The molecular weight excluding hydrogens is 236 g/mol. The zero-order valence-electron chi connectivity index (χ0n) is 8.84. The highest BCUT2D eigenvalue weighted by Gasteiger charge is 2.06. The van der Waals surface area contributed by atoms with Gasteiger partial charge >= 0.3 is 0 Å². The molecule has 1 aromatic carbocycles. The van der Waals surface area contributed by atoms with Crippen LogP contribution in [0.15, 0.2) is 42.5 Å². The van der Waals surface area contributed by atoms with Crippen molar-refractivity contribution in [1.82, 2.24) is 14.6 Å². The summed E-state index contributed by atoms with van der Waals surface area (Å²) in [5, 5.41) is 4.85. The van der Waals surface area contributed by atoms with E-state index in [1.807, 2.05) is 42.5 Å². The number of fused-ring (bicyclic) bond motifs is 1. The molecule has 2 aromatic heterocycles. The molecule has 0 saturated carbocycles. The highest BCUT2D eigenvalue weighted by molar-refractivity contribution is 6.30. The lowest BCUT2D eigenvalue weighted by atomic mass is 10.1. The van der Waals surface area contributed by atoms with Crippen LogP contribution in [0.2, 0.25) is 5.02 Å². The van der Waals surface area contributed by atoms with Crippen LogP contribution in [0.25, 0.3) is 16.9 Å². The van der Waals surface area contributed by atoms with Gasteiger partial charge < -0.3 is 5.73 Å². The van der Waals surface area contributed by atoms with Gasteiger partial charge in [0.2, 0.25) is 5.95 Å². The van der Waals surface area contributed by atoms with Gasteiger partial charge in [0.05, 0.1) is 5.69 Å². The Morgan fingerprint density at radius 1 is 1.12 bits per heavy atom. The summed E-state index contributed by atoms with van der Waals surface area (Å²) < 4.78 is 1.71. The van der Waals surface area contributed by atoms with Gasteiger partial charge in [-0.15, -0.1) is 5.10 Å². The molecule has 0 amide bonds. The third-order valence-electron chi connectivity index (χ3n) is 2.50. The molecule has 0 fully saturated rings. The van der Waals surface area contributed by atoms with Crippen LogP contribution < -0.4 is 5.73 Å². The number of nitrogens with zero attached hydrogens (tertiary/aromatic N) is 3. The molecule has 0 atom stereocenters. The van der Waals surface area contributed by atoms with Crippen molar-refractivity contribution in [3.8, 4) is 11.3 Å². The molecule has 84 valence electrons. The maximum absolute atomic E-state index is 5.98. The SMILES string of the molecule is Nc1nc2cccc(-c3cccc(Cl)c3)n2n1. The summed E-state index contributed by atoms with van der Waals surface area (Å²) >= 11 is 5.98. The summed E-state index contributed by atoms with van der Waals surface area (Å²) in [6, 6.07) is 13.3. The van der Waals surface area contributed by atoms with Crippen LogP contribution >= 0.6 is 11.6 Å². The Bertz CT molecular complexity index is 690. The fourth-order valence-electron chi connectivity index (χ4n) is 1.79. The molecule has 0 unspecified atom stereocenters. The number of aromatic nitrogens is 3. The van der Waals surface area contributed by atoms with Gasteiger partial charge in [0, 0.05) is 10.6 Å². The van der Waals surface area contributed by atoms with Crippen LogP contribution in [0, 0.1) is 0 Å². The second-order valence-electron chi connectivity index (χ2n) is 3.66. The summed E-state index contributed by atoms with van der Waals surface area (Å²) in [7, 11) is 0. The fraction of sp³-hybridized carbons (Fsp3) is 0. The van der Waals surface area contributed by atoms with Crippen molar-refractivity contribution >= 4 is 23.2 Å². The van der Waals surface area contributed by atoms with Gasteiger partial charge in [-0.05, 0) is 24.3 Å². The molecule has 0 aliphatic carbocycles. The van der Waals surface area contributed by atoms with Crippen LogP contribution in [0.3, 0.4) is 0 Å². The molecule has 17 heavy (non-hydrogen) atoms. The minimum atomic E-state index is 0.263. The third kappa shape index (κ3) is 1.72. The van der Waals surface area contributed by atoms with E-state index in [-0.39, 0.29) is 5.95 Å². The highest BCUT2D eigenvalue weighted by atomic mass is 35.5. The quantitative estimate of drug-likeness (QED) is 0.716. The van der Waals surface area contributed by atoms with Crippen molar-refractivity contribution in [3.05, 3.63) is 47.5 Å². The van der Waals surface area contributed by atoms with Crippen molar-refractivity contribution in [1.29, 1.82) is 0 Å². The number of nitrogen functional groups attached to an aromatic ring is 1. The summed E-state index contributed by atoms with van der Waals surface area (Å²) in [6.45, 7) is 0. The van der Waals surface area contributed by atoms with Crippen LogP contribution in [0.4, 0.5) is 5.95 Å². The van der Waals surface area contributed by atoms with Crippen LogP contribution in [-0.4, -0.2) is 14.6 Å². The number of halogens is 1. The van der Waals surface area contributed by atoms with E-state index < -0.39 is 0 Å². The zero-order chi connectivity index (χ0) is 11.8. The molecule has 4 nitrogen and oxygen atoms in total. The Morgan fingerprint density at radius 2 is 1.94 bits per heavy atom. The topological polar surface area (TPSA) is 56.2 Å². The summed E-state index contributed by atoms with van der Waals surface area (Å²) in [4.78, 5) is 4.12. The minimum absolute atomic E-state index is 0.263. The standard InChI is InChI=1S/C12H9ClN4/c13-9-4-1-3-8(7-9)10-5-2-6-11-15-12(14)16-17(10)11/h1-7H,(H2,14,16). The molecule has 0 aliphatic heterocycles. The molecule has 0 aliphatic rings. The average molecular weight is 245 g/mol. The second kappa shape index (κ2) is 3.75. The highest BCUT2D eigenvalue weighted by Crippen LogP contribution is 2.23. The van der Waals surface area contributed by atoms with Crippen molar-refractivity contribution in [3.63, 3.8) is 0 Å². The number of anilines is 1. The van der Waals surface area contributed by atoms with Crippen molar-refractivity contribution in [2.24, 2.45) is 0 Å². The van der Waals surface area contributed by atoms with Gasteiger partial charge in [0.25, 0.3) is 0 Å². The number of hydrogen-bond acceptors (Lipinski definition) is 3. The number of hydrogen-bond donors (Lipinski definition) is 1. The van der Waals surface area contributed by atoms with Crippen LogP contribution in [0.5, 0.6) is 0 Å². The predicted molar refractivity (Wildman–Crippen MR) is 67.8 cm³/mol. The van der Waals surface area contributed by atoms with E-state index in [0.29, 0.717) is 5.02 Å². The van der Waals surface area contributed by atoms with Crippen molar-refractivity contribution in [2.75, 3.05) is 5.73 Å². The molecule has 0 bridgehead atoms. The van der Waals surface area contributed by atoms with E-state index in [0.717, 1.165) is 16.9 Å². The monoisotopic (exact) mass is 244 g/mol. The summed E-state index contributed by atoms with van der Waals surface area (Å²) in [5.41, 5.74) is 8.21. The fourth-order valence-corrected chi connectivity index (χ4v) is 1.98. The predicted octanol–water partition coefficient (Wildman–Crippen LogP) is 2.63. The molecular formula is C12H9ClN4. The number of rotatable bonds is 1. The van der Waals surface area contributed by atoms with E-state index >= 15 is 0 Å². The van der Waals surface area contributed by atoms with Crippen molar-refractivity contribution in [2.45, 2.75) is 0 Å². The van der Waals surface area contributed by atoms with Gasteiger partial charge in [-0.2, -0.15) is 4.98 Å². The summed E-state index contributed by atoms with van der Waals surface area (Å²) in [5.74, 6) is 0.263. The lowest BCUT2D eigenvalue weighted by Crippen LogP contribution is -1.94. The first-order valence-electron chi connectivity index (χ1n) is 5.11. The van der Waals surface area contributed by atoms with Gasteiger partial charge in [0.1, 0.15) is 0 Å². The van der Waals surface area contributed by atoms with Gasteiger partial charge in [-0.1, -0.05) is 29.8 Å². The van der Waals surface area contributed by atoms with E-state index in [1.165, 1.54) is 0 Å². The van der Waals surface area contributed by atoms with E-state index in [4.69, 9.17) is 17.3 Å². The van der Waals surface area contributed by atoms with E-state index in [1.54, 1.807) is 4.52 Å². The zero-order valence-corrected chi connectivity index (χ0v) is 9.59. The Balaban J connectivity index is 2.30. The molecule has 5 heteroatoms. The number of pyridine rings is 1. The lowest BCUT2D eigenvalue weighted by molar-refractivity contribution is 0.976. The molecule has 0 radical (unpaired) electrons. The van der Waals surface area contributed by atoms with E-state index in [9.17, 15) is 0 Å². The second-order valence-corrected chi connectivity index (χ2v) is 4.10. The van der Waals surface area contributed by atoms with E-state index in [2.05, 4.69) is 10.1 Å². The molecule has 0 spiro atoms. The Hall–Kier alpha value is -2.07. The van der Waals surface area contributed by atoms with Gasteiger partial charge in [-0.3, -0.25) is 0 Å². The first-order chi connectivity index (χ1) is 8.24. The largest absolute Gasteiger partial charge is 0.366 e. The van der Waals surface area contributed by atoms with Gasteiger partial charge in [0.15, 0.2) is 5.65 Å². The Labute approximate surface area is 103 Å². The third-order valence-corrected chi connectivity index (χ3v) is 2.73. The molecule has 2 N–H and O–H groups in total. The van der Waals surface area contributed by atoms with Crippen LogP contribution in [0.1, 0.15) is 0 Å². The first kappa shape index (κ1) is 10.1. The minimum Gasteiger partial charge on any atom is -0.366 e. The molecule has 3 rings (SSSR count). The normalized spacial score (nSPS) is 10.9. The molecule has 3 aromatic rings. The molecule has 0 saturated heterocycles. The number of nitrogens with two attached hydrogens (primary N) is 1. The van der Waals surface area contributed by atoms with Gasteiger partial charge in [-0.25, -0.2) is 4.52 Å². The smallest absolute Gasteiger partial charge is 0.240 e. The Kier molecular flexibility index (Phi) is 2.23. The Morgan fingerprint density at radius 3 is 2.76 bits per heavy atom. The lowest BCUT2D eigenvalue weighted by Gasteiger charge is -2.04. The van der Waals surface area contributed by atoms with Crippen LogP contribution in [-0.2, 0) is 0 Å². The van der Waals surface area contributed by atoms with Crippen molar-refractivity contribution < 1.29 is 0 Å². The maximum Gasteiger partial charge on any atom is 0.240 e. The summed E-state index contributed by atoms with van der Waals surface area (Å²) in [6.07, 6.45) is 0. The first-order valence-corrected chi connectivity index (χ1v) is 5.49. The number of benzene rings is 1.